The second-order valence-corrected chi connectivity index (χ2v) is 10.2. The van der Waals surface area contributed by atoms with Crippen LogP contribution in [-0.4, -0.2) is 18.5 Å². The van der Waals surface area contributed by atoms with Crippen LogP contribution in [-0.2, 0) is 19.1 Å². The Hall–Kier alpha value is -1.58. The molecule has 4 nitrogen and oxygen atoms in total. The zero-order chi connectivity index (χ0) is 25.6. The molecule has 4 heteroatoms. The van der Waals surface area contributed by atoms with Crippen LogP contribution >= 0.6 is 0 Å². The van der Waals surface area contributed by atoms with Crippen molar-refractivity contribution in [2.45, 2.75) is 144 Å². The third-order valence-corrected chi connectivity index (χ3v) is 6.21. The first-order chi connectivity index (χ1) is 16.3. The van der Waals surface area contributed by atoms with Gasteiger partial charge in [-0.05, 0) is 32.6 Å². The molecule has 0 aliphatic rings. The smallest absolute Gasteiger partial charge is 0.338 e. The van der Waals surface area contributed by atoms with E-state index >= 15 is 0 Å². The van der Waals surface area contributed by atoms with Crippen LogP contribution in [0.4, 0.5) is 0 Å². The minimum atomic E-state index is -0.476. The maximum Gasteiger partial charge on any atom is 0.338 e. The highest BCUT2D eigenvalue weighted by molar-refractivity contribution is 5.91. The summed E-state index contributed by atoms with van der Waals surface area (Å²) >= 11 is 0. The Morgan fingerprint density at radius 3 is 1.74 bits per heavy atom. The first kappa shape index (κ1) is 32.4. The zero-order valence-electron chi connectivity index (χ0n) is 23.1. The highest BCUT2D eigenvalue weighted by atomic mass is 16.5. The third kappa shape index (κ3) is 18.8. The molecule has 0 spiro atoms. The fourth-order valence-corrected chi connectivity index (χ4v) is 3.86. The SMILES string of the molecule is C=C(C)C(=O)OC(CCCCCCCCCCCC)=C(C)C(=O)OCCCCCCCC(C)C. The van der Waals surface area contributed by atoms with Gasteiger partial charge in [-0.25, -0.2) is 9.59 Å². The van der Waals surface area contributed by atoms with Crippen molar-refractivity contribution in [1.29, 1.82) is 0 Å². The first-order valence-electron chi connectivity index (χ1n) is 14.0. The van der Waals surface area contributed by atoms with Gasteiger partial charge in [-0.1, -0.05) is 117 Å². The minimum absolute atomic E-state index is 0.333. The van der Waals surface area contributed by atoms with E-state index in [2.05, 4.69) is 27.4 Å². The lowest BCUT2D eigenvalue weighted by molar-refractivity contribution is -0.140. The topological polar surface area (TPSA) is 52.6 Å². The predicted molar refractivity (Wildman–Crippen MR) is 144 cm³/mol. The second kappa shape index (κ2) is 21.9. The van der Waals surface area contributed by atoms with E-state index in [4.69, 9.17) is 9.47 Å². The van der Waals surface area contributed by atoms with E-state index in [9.17, 15) is 9.59 Å². The number of allylic oxidation sites excluding steroid dienone is 1. The molecule has 0 aliphatic carbocycles. The predicted octanol–water partition coefficient (Wildman–Crippen LogP) is 9.23. The molecule has 0 atom stereocenters. The van der Waals surface area contributed by atoms with E-state index in [0.717, 1.165) is 31.6 Å². The van der Waals surface area contributed by atoms with Gasteiger partial charge >= 0.3 is 11.9 Å². The number of carbonyl (C=O) groups excluding carboxylic acids is 2. The first-order valence-corrected chi connectivity index (χ1v) is 14.0. The van der Waals surface area contributed by atoms with Gasteiger partial charge in [-0.2, -0.15) is 0 Å². The van der Waals surface area contributed by atoms with Crippen molar-refractivity contribution in [2.75, 3.05) is 6.61 Å². The summed E-state index contributed by atoms with van der Waals surface area (Å²) in [5, 5.41) is 0. The number of rotatable bonds is 22. The number of esters is 2. The molecule has 0 N–H and O–H groups in total. The van der Waals surface area contributed by atoms with E-state index in [1.165, 1.54) is 77.0 Å². The second-order valence-electron chi connectivity index (χ2n) is 10.2. The van der Waals surface area contributed by atoms with Crippen LogP contribution in [0.3, 0.4) is 0 Å². The fraction of sp³-hybridized carbons (Fsp3) is 0.800. The van der Waals surface area contributed by atoms with E-state index in [1.807, 2.05) is 0 Å². The van der Waals surface area contributed by atoms with Gasteiger partial charge in [-0.3, -0.25) is 0 Å². The molecule has 0 radical (unpaired) electrons. The molecule has 198 valence electrons. The summed E-state index contributed by atoms with van der Waals surface area (Å²) in [5.41, 5.74) is 0.738. The number of unbranched alkanes of at least 4 members (excludes halogenated alkanes) is 13. The molecule has 0 saturated carbocycles. The quantitative estimate of drug-likeness (QED) is 0.0673. The maximum absolute atomic E-state index is 12.5. The number of carbonyl (C=O) groups is 2. The van der Waals surface area contributed by atoms with Crippen molar-refractivity contribution in [1.82, 2.24) is 0 Å². The number of hydrogen-bond acceptors (Lipinski definition) is 4. The van der Waals surface area contributed by atoms with Gasteiger partial charge in [0, 0.05) is 12.0 Å². The standard InChI is InChI=1S/C30H54O4/c1-7-8-9-10-11-12-13-14-17-20-23-28(34-29(31)26(4)5)27(6)30(32)33-24-21-18-15-16-19-22-25(2)3/h25H,4,7-24H2,1-3,5-6H3. The van der Waals surface area contributed by atoms with Crippen molar-refractivity contribution in [3.8, 4) is 0 Å². The molecular formula is C30H54O4. The minimum Gasteiger partial charge on any atom is -0.462 e. The summed E-state index contributed by atoms with van der Waals surface area (Å²) in [6, 6.07) is 0. The Bertz CT molecular complexity index is 589. The summed E-state index contributed by atoms with van der Waals surface area (Å²) in [6.45, 7) is 14.2. The normalized spacial score (nSPS) is 11.9. The summed E-state index contributed by atoms with van der Waals surface area (Å²) in [4.78, 5) is 24.6. The number of hydrogen-bond donors (Lipinski definition) is 0. The van der Waals surface area contributed by atoms with Crippen LogP contribution in [0.25, 0.3) is 0 Å². The van der Waals surface area contributed by atoms with Crippen LogP contribution < -0.4 is 0 Å². The summed E-state index contributed by atoms with van der Waals surface area (Å²) in [6.07, 6.45) is 19.8. The van der Waals surface area contributed by atoms with Crippen LogP contribution in [0.15, 0.2) is 23.5 Å². The van der Waals surface area contributed by atoms with E-state index in [-0.39, 0.29) is 5.97 Å². The molecule has 0 unspecified atom stereocenters. The fourth-order valence-electron chi connectivity index (χ4n) is 3.86. The van der Waals surface area contributed by atoms with Crippen LogP contribution in [0.5, 0.6) is 0 Å². The molecule has 0 rings (SSSR count). The zero-order valence-corrected chi connectivity index (χ0v) is 23.1. The van der Waals surface area contributed by atoms with Crippen molar-refractivity contribution in [3.63, 3.8) is 0 Å². The Morgan fingerprint density at radius 1 is 0.706 bits per heavy atom. The van der Waals surface area contributed by atoms with Crippen molar-refractivity contribution in [2.24, 2.45) is 5.92 Å². The lowest BCUT2D eigenvalue weighted by atomic mass is 10.0. The molecule has 0 aromatic carbocycles. The number of ether oxygens (including phenoxy) is 2. The molecule has 34 heavy (non-hydrogen) atoms. The van der Waals surface area contributed by atoms with Crippen molar-refractivity contribution in [3.05, 3.63) is 23.5 Å². The van der Waals surface area contributed by atoms with Crippen molar-refractivity contribution < 1.29 is 19.1 Å². The lowest BCUT2D eigenvalue weighted by Gasteiger charge is -2.13. The summed E-state index contributed by atoms with van der Waals surface area (Å²) in [5.74, 6) is 0.350. The van der Waals surface area contributed by atoms with E-state index in [0.29, 0.717) is 29.9 Å². The lowest BCUT2D eigenvalue weighted by Crippen LogP contribution is -2.13. The molecule has 0 heterocycles. The Balaban J connectivity index is 4.36. The summed E-state index contributed by atoms with van der Waals surface area (Å²) in [7, 11) is 0. The summed E-state index contributed by atoms with van der Waals surface area (Å²) < 4.78 is 11.0. The Kier molecular flexibility index (Phi) is 20.9. The molecule has 0 amide bonds. The van der Waals surface area contributed by atoms with Crippen LogP contribution in [0.2, 0.25) is 0 Å². The van der Waals surface area contributed by atoms with E-state index in [1.54, 1.807) is 13.8 Å². The third-order valence-electron chi connectivity index (χ3n) is 6.21. The van der Waals surface area contributed by atoms with Gasteiger partial charge < -0.3 is 9.47 Å². The highest BCUT2D eigenvalue weighted by Crippen LogP contribution is 2.19. The van der Waals surface area contributed by atoms with Crippen molar-refractivity contribution >= 4 is 11.9 Å². The molecular weight excluding hydrogens is 424 g/mol. The molecule has 0 aromatic heterocycles. The Labute approximate surface area is 210 Å². The largest absolute Gasteiger partial charge is 0.462 e. The monoisotopic (exact) mass is 478 g/mol. The van der Waals surface area contributed by atoms with Gasteiger partial charge in [0.15, 0.2) is 0 Å². The van der Waals surface area contributed by atoms with Gasteiger partial charge in [-0.15, -0.1) is 0 Å². The van der Waals surface area contributed by atoms with Gasteiger partial charge in [0.05, 0.1) is 12.2 Å². The average Bonchev–Trinajstić information content (AvgIpc) is 2.80. The maximum atomic E-state index is 12.5. The molecule has 0 bridgehead atoms. The molecule has 0 saturated heterocycles. The highest BCUT2D eigenvalue weighted by Gasteiger charge is 2.17. The van der Waals surface area contributed by atoms with Crippen LogP contribution in [0, 0.1) is 5.92 Å². The molecule has 0 aliphatic heterocycles. The van der Waals surface area contributed by atoms with Crippen LogP contribution in [0.1, 0.15) is 144 Å². The molecule has 0 fully saturated rings. The van der Waals surface area contributed by atoms with Gasteiger partial charge in [0.1, 0.15) is 5.76 Å². The van der Waals surface area contributed by atoms with Gasteiger partial charge in [0.25, 0.3) is 0 Å². The molecule has 0 aromatic rings. The van der Waals surface area contributed by atoms with E-state index < -0.39 is 5.97 Å². The Morgan fingerprint density at radius 2 is 1.21 bits per heavy atom. The average molecular weight is 479 g/mol. The van der Waals surface area contributed by atoms with Gasteiger partial charge in [0.2, 0.25) is 0 Å².